The Morgan fingerprint density at radius 1 is 1.38 bits per heavy atom. The summed E-state index contributed by atoms with van der Waals surface area (Å²) < 4.78 is 8.53. The van der Waals surface area contributed by atoms with Crippen molar-refractivity contribution >= 4 is 21.7 Å². The fourth-order valence-electron chi connectivity index (χ4n) is 2.89. The molecule has 1 atom stereocenters. The van der Waals surface area contributed by atoms with Gasteiger partial charge in [0.05, 0.1) is 29.4 Å². The van der Waals surface area contributed by atoms with Gasteiger partial charge in [0.1, 0.15) is 12.1 Å². The highest BCUT2D eigenvalue weighted by Gasteiger charge is 2.31. The van der Waals surface area contributed by atoms with Crippen LogP contribution in [0.2, 0.25) is 0 Å². The fourth-order valence-corrected chi connectivity index (χ4v) is 3.33. The van der Waals surface area contributed by atoms with Crippen LogP contribution in [0.4, 0.5) is 5.82 Å². The van der Waals surface area contributed by atoms with Crippen LogP contribution < -0.4 is 4.90 Å². The molecule has 0 aromatic carbocycles. The van der Waals surface area contributed by atoms with Crippen LogP contribution in [0.3, 0.4) is 0 Å². The molecular formula is C14H18BrN5O. The van der Waals surface area contributed by atoms with Gasteiger partial charge in [-0.25, -0.2) is 9.97 Å². The van der Waals surface area contributed by atoms with Crippen LogP contribution in [-0.2, 0) is 11.8 Å². The Kier molecular flexibility index (Phi) is 3.95. The van der Waals surface area contributed by atoms with Gasteiger partial charge >= 0.3 is 0 Å². The summed E-state index contributed by atoms with van der Waals surface area (Å²) in [6.45, 7) is 6.28. The maximum absolute atomic E-state index is 5.71. The van der Waals surface area contributed by atoms with Gasteiger partial charge < -0.3 is 9.64 Å². The lowest BCUT2D eigenvalue weighted by atomic mass is 10.0. The Morgan fingerprint density at radius 3 is 2.86 bits per heavy atom. The van der Waals surface area contributed by atoms with Gasteiger partial charge in [-0.15, -0.1) is 0 Å². The topological polar surface area (TPSA) is 56.1 Å². The first-order valence-electron chi connectivity index (χ1n) is 6.89. The van der Waals surface area contributed by atoms with Crippen molar-refractivity contribution in [3.05, 3.63) is 33.9 Å². The van der Waals surface area contributed by atoms with E-state index in [1.54, 1.807) is 12.5 Å². The fraction of sp³-hybridized carbons (Fsp3) is 0.500. The van der Waals surface area contributed by atoms with Gasteiger partial charge in [-0.1, -0.05) is 0 Å². The standard InChI is InChI=1S/C14H18BrN5O/c1-9-13(10(2)19(3)18-9)12-7-21-5-4-20(12)14-11(15)6-16-8-17-14/h6,8,12H,4-5,7H2,1-3H3/t12-/m1/s1. The first kappa shape index (κ1) is 14.5. The van der Waals surface area contributed by atoms with Gasteiger partial charge in [-0.2, -0.15) is 5.10 Å². The average molecular weight is 352 g/mol. The summed E-state index contributed by atoms with van der Waals surface area (Å²) >= 11 is 3.55. The molecule has 0 N–H and O–H groups in total. The molecule has 1 aliphatic rings. The molecule has 21 heavy (non-hydrogen) atoms. The number of anilines is 1. The predicted molar refractivity (Wildman–Crippen MR) is 83.3 cm³/mol. The molecule has 0 bridgehead atoms. The van der Waals surface area contributed by atoms with Crippen LogP contribution in [-0.4, -0.2) is 39.5 Å². The van der Waals surface area contributed by atoms with Crippen molar-refractivity contribution in [1.82, 2.24) is 19.7 Å². The Morgan fingerprint density at radius 2 is 2.19 bits per heavy atom. The van der Waals surface area contributed by atoms with E-state index in [2.05, 4.69) is 42.8 Å². The number of hydrogen-bond donors (Lipinski definition) is 0. The van der Waals surface area contributed by atoms with E-state index in [1.807, 2.05) is 18.7 Å². The van der Waals surface area contributed by atoms with Crippen LogP contribution >= 0.6 is 15.9 Å². The number of morpholine rings is 1. The van der Waals surface area contributed by atoms with E-state index in [9.17, 15) is 0 Å². The summed E-state index contributed by atoms with van der Waals surface area (Å²) in [6.07, 6.45) is 3.35. The van der Waals surface area contributed by atoms with Gasteiger partial charge in [-0.05, 0) is 29.8 Å². The lowest BCUT2D eigenvalue weighted by Gasteiger charge is -2.37. The zero-order valence-electron chi connectivity index (χ0n) is 12.4. The molecule has 0 unspecified atom stereocenters. The molecule has 3 heterocycles. The van der Waals surface area contributed by atoms with Crippen molar-refractivity contribution in [1.29, 1.82) is 0 Å². The van der Waals surface area contributed by atoms with Crippen molar-refractivity contribution in [2.24, 2.45) is 7.05 Å². The normalized spacial score (nSPS) is 19.0. The van der Waals surface area contributed by atoms with E-state index in [1.165, 1.54) is 5.56 Å². The predicted octanol–water partition coefficient (Wildman–Crippen LogP) is 2.17. The maximum atomic E-state index is 5.71. The van der Waals surface area contributed by atoms with Crippen LogP contribution in [0.1, 0.15) is 23.0 Å². The van der Waals surface area contributed by atoms with Gasteiger partial charge in [0.15, 0.2) is 0 Å². The summed E-state index contributed by atoms with van der Waals surface area (Å²) in [4.78, 5) is 10.7. The van der Waals surface area contributed by atoms with E-state index in [0.29, 0.717) is 13.2 Å². The number of aromatic nitrogens is 4. The Balaban J connectivity index is 2.05. The minimum Gasteiger partial charge on any atom is -0.377 e. The van der Waals surface area contributed by atoms with Crippen molar-refractivity contribution < 1.29 is 4.74 Å². The molecule has 0 spiro atoms. The number of halogens is 1. The van der Waals surface area contributed by atoms with Crippen LogP contribution in [0.5, 0.6) is 0 Å². The van der Waals surface area contributed by atoms with E-state index >= 15 is 0 Å². The molecular weight excluding hydrogens is 334 g/mol. The van der Waals surface area contributed by atoms with Crippen molar-refractivity contribution in [3.8, 4) is 0 Å². The zero-order chi connectivity index (χ0) is 15.0. The average Bonchev–Trinajstić information content (AvgIpc) is 2.73. The maximum Gasteiger partial charge on any atom is 0.147 e. The van der Waals surface area contributed by atoms with Crippen LogP contribution in [0.15, 0.2) is 17.0 Å². The highest BCUT2D eigenvalue weighted by atomic mass is 79.9. The monoisotopic (exact) mass is 351 g/mol. The smallest absolute Gasteiger partial charge is 0.147 e. The second-order valence-electron chi connectivity index (χ2n) is 5.19. The van der Waals surface area contributed by atoms with Crippen molar-refractivity contribution in [2.75, 3.05) is 24.7 Å². The number of nitrogens with zero attached hydrogens (tertiary/aromatic N) is 5. The molecule has 112 valence electrons. The van der Waals surface area contributed by atoms with Crippen molar-refractivity contribution in [3.63, 3.8) is 0 Å². The lowest BCUT2D eigenvalue weighted by molar-refractivity contribution is 0.0932. The first-order valence-corrected chi connectivity index (χ1v) is 7.69. The molecule has 2 aromatic rings. The highest BCUT2D eigenvalue weighted by Crippen LogP contribution is 2.34. The zero-order valence-corrected chi connectivity index (χ0v) is 14.0. The molecule has 2 aromatic heterocycles. The SMILES string of the molecule is Cc1nn(C)c(C)c1[C@H]1COCCN1c1ncncc1Br. The Hall–Kier alpha value is -1.47. The third kappa shape index (κ3) is 2.55. The summed E-state index contributed by atoms with van der Waals surface area (Å²) in [5.41, 5.74) is 3.43. The van der Waals surface area contributed by atoms with Crippen LogP contribution in [0.25, 0.3) is 0 Å². The summed E-state index contributed by atoms with van der Waals surface area (Å²) in [5, 5.41) is 4.53. The lowest BCUT2D eigenvalue weighted by Crippen LogP contribution is -2.40. The summed E-state index contributed by atoms with van der Waals surface area (Å²) in [5.74, 6) is 0.904. The Bertz CT molecular complexity index is 657. The molecule has 0 amide bonds. The molecule has 0 saturated carbocycles. The van der Waals surface area contributed by atoms with E-state index < -0.39 is 0 Å². The largest absolute Gasteiger partial charge is 0.377 e. The van der Waals surface area contributed by atoms with Gasteiger partial charge in [0.2, 0.25) is 0 Å². The third-order valence-corrected chi connectivity index (χ3v) is 4.51. The van der Waals surface area contributed by atoms with E-state index in [-0.39, 0.29) is 6.04 Å². The van der Waals surface area contributed by atoms with E-state index in [0.717, 1.165) is 28.2 Å². The first-order chi connectivity index (χ1) is 10.1. The number of aryl methyl sites for hydroxylation is 2. The van der Waals surface area contributed by atoms with Gasteiger partial charge in [-0.3, -0.25) is 4.68 Å². The van der Waals surface area contributed by atoms with Crippen LogP contribution in [0, 0.1) is 13.8 Å². The number of rotatable bonds is 2. The number of ether oxygens (including phenoxy) is 1. The second kappa shape index (κ2) is 5.73. The van der Waals surface area contributed by atoms with Gasteiger partial charge in [0.25, 0.3) is 0 Å². The minimum absolute atomic E-state index is 0.124. The molecule has 1 fully saturated rings. The molecule has 1 aliphatic heterocycles. The molecule has 3 rings (SSSR count). The molecule has 6 nitrogen and oxygen atoms in total. The molecule has 0 radical (unpaired) electrons. The molecule has 1 saturated heterocycles. The summed E-state index contributed by atoms with van der Waals surface area (Å²) in [6, 6.07) is 0.124. The quantitative estimate of drug-likeness (QED) is 0.829. The molecule has 0 aliphatic carbocycles. The third-order valence-electron chi connectivity index (χ3n) is 3.95. The molecule has 7 heteroatoms. The summed E-state index contributed by atoms with van der Waals surface area (Å²) in [7, 11) is 1.97. The Labute approximate surface area is 132 Å². The van der Waals surface area contributed by atoms with Gasteiger partial charge in [0, 0.05) is 31.0 Å². The van der Waals surface area contributed by atoms with Crippen molar-refractivity contribution in [2.45, 2.75) is 19.9 Å². The second-order valence-corrected chi connectivity index (χ2v) is 6.04. The highest BCUT2D eigenvalue weighted by molar-refractivity contribution is 9.10. The number of hydrogen-bond acceptors (Lipinski definition) is 5. The van der Waals surface area contributed by atoms with E-state index in [4.69, 9.17) is 4.74 Å². The minimum atomic E-state index is 0.124.